The topological polar surface area (TPSA) is 81.9 Å². The molecular formula is C19H20ClN5O2. The summed E-state index contributed by atoms with van der Waals surface area (Å²) in [6, 6.07) is 5.37. The zero-order chi connectivity index (χ0) is 19.0. The first-order valence-corrected chi connectivity index (χ1v) is 9.23. The minimum atomic E-state index is -0.229. The minimum Gasteiger partial charge on any atom is -0.468 e. The summed E-state index contributed by atoms with van der Waals surface area (Å²) >= 11 is 5.75. The van der Waals surface area contributed by atoms with Crippen molar-refractivity contribution < 1.29 is 9.53 Å². The number of aryl methyl sites for hydroxylation is 2. The Kier molecular flexibility index (Phi) is 4.70. The van der Waals surface area contributed by atoms with Gasteiger partial charge in [0.1, 0.15) is 5.15 Å². The van der Waals surface area contributed by atoms with Crippen LogP contribution in [0.5, 0.6) is 5.88 Å². The molecular weight excluding hydrogens is 366 g/mol. The number of rotatable bonds is 6. The lowest BCUT2D eigenvalue weighted by Gasteiger charge is -2.08. The van der Waals surface area contributed by atoms with E-state index >= 15 is 0 Å². The predicted molar refractivity (Wildman–Crippen MR) is 102 cm³/mol. The Hall–Kier alpha value is -2.67. The average Bonchev–Trinajstić information content (AvgIpc) is 3.44. The highest BCUT2D eigenvalue weighted by Gasteiger charge is 2.30. The van der Waals surface area contributed by atoms with Gasteiger partial charge in [-0.3, -0.25) is 9.48 Å². The molecule has 3 aromatic heterocycles. The number of carbonyl (C=O) groups excluding carboxylic acids is 1. The lowest BCUT2D eigenvalue weighted by atomic mass is 10.1. The van der Waals surface area contributed by atoms with Gasteiger partial charge in [-0.25, -0.2) is 4.98 Å². The molecule has 27 heavy (non-hydrogen) atoms. The molecule has 7 nitrogen and oxygen atoms in total. The van der Waals surface area contributed by atoms with E-state index < -0.39 is 0 Å². The fourth-order valence-corrected chi connectivity index (χ4v) is 3.17. The van der Waals surface area contributed by atoms with Crippen LogP contribution in [0.4, 0.5) is 0 Å². The Morgan fingerprint density at radius 3 is 2.93 bits per heavy atom. The second kappa shape index (κ2) is 7.15. The predicted octanol–water partition coefficient (Wildman–Crippen LogP) is 2.90. The van der Waals surface area contributed by atoms with E-state index in [9.17, 15) is 4.79 Å². The van der Waals surface area contributed by atoms with E-state index in [1.165, 1.54) is 12.8 Å². The lowest BCUT2D eigenvalue weighted by Crippen LogP contribution is -2.28. The number of fused-ring (bicyclic) bond motifs is 1. The van der Waals surface area contributed by atoms with Crippen LogP contribution in [-0.2, 0) is 18.4 Å². The summed E-state index contributed by atoms with van der Waals surface area (Å²) in [4.78, 5) is 20.6. The van der Waals surface area contributed by atoms with E-state index in [-0.39, 0.29) is 12.5 Å². The molecule has 3 aromatic rings. The second-order valence-electron chi connectivity index (χ2n) is 6.81. The molecule has 0 saturated heterocycles. The van der Waals surface area contributed by atoms with E-state index in [0.29, 0.717) is 23.5 Å². The fraction of sp³-hybridized carbons (Fsp3) is 0.368. The van der Waals surface area contributed by atoms with Crippen molar-refractivity contribution in [2.75, 3.05) is 6.61 Å². The molecule has 0 atom stereocenters. The van der Waals surface area contributed by atoms with E-state index in [1.807, 2.05) is 26.1 Å². The molecule has 1 aliphatic carbocycles. The maximum Gasteiger partial charge on any atom is 0.258 e. The van der Waals surface area contributed by atoms with Gasteiger partial charge >= 0.3 is 0 Å². The largest absolute Gasteiger partial charge is 0.468 e. The van der Waals surface area contributed by atoms with Crippen LogP contribution in [0.25, 0.3) is 11.0 Å². The van der Waals surface area contributed by atoms with Crippen LogP contribution in [0, 0.1) is 6.92 Å². The number of halogens is 1. The van der Waals surface area contributed by atoms with Crippen molar-refractivity contribution in [2.24, 2.45) is 7.05 Å². The molecule has 3 heterocycles. The van der Waals surface area contributed by atoms with Gasteiger partial charge in [-0.05, 0) is 37.0 Å². The van der Waals surface area contributed by atoms with Crippen LogP contribution < -0.4 is 10.1 Å². The van der Waals surface area contributed by atoms with Gasteiger partial charge in [0.2, 0.25) is 5.88 Å². The number of aromatic nitrogens is 4. The minimum absolute atomic E-state index is 0.105. The summed E-state index contributed by atoms with van der Waals surface area (Å²) in [6.07, 6.45) is 4.00. The molecule has 0 bridgehead atoms. The molecule has 1 fully saturated rings. The van der Waals surface area contributed by atoms with Crippen LogP contribution in [0.3, 0.4) is 0 Å². The molecule has 1 saturated carbocycles. The summed E-state index contributed by atoms with van der Waals surface area (Å²) in [6.45, 7) is 2.29. The number of pyridine rings is 2. The highest BCUT2D eigenvalue weighted by atomic mass is 35.5. The molecule has 0 spiro atoms. The summed E-state index contributed by atoms with van der Waals surface area (Å²) < 4.78 is 7.39. The molecule has 8 heteroatoms. The Morgan fingerprint density at radius 1 is 1.41 bits per heavy atom. The van der Waals surface area contributed by atoms with Gasteiger partial charge in [0.05, 0.1) is 5.69 Å². The number of hydrogen-bond acceptors (Lipinski definition) is 5. The number of nitrogens with one attached hydrogen (secondary N) is 1. The first-order valence-electron chi connectivity index (χ1n) is 8.85. The average molecular weight is 386 g/mol. The summed E-state index contributed by atoms with van der Waals surface area (Å²) in [5.41, 5.74) is 3.85. The van der Waals surface area contributed by atoms with Gasteiger partial charge in [0.15, 0.2) is 12.3 Å². The van der Waals surface area contributed by atoms with Crippen molar-refractivity contribution in [1.82, 2.24) is 25.1 Å². The van der Waals surface area contributed by atoms with E-state index in [2.05, 4.69) is 20.4 Å². The number of ether oxygens (including phenoxy) is 1. The van der Waals surface area contributed by atoms with Gasteiger partial charge < -0.3 is 10.1 Å². The zero-order valence-corrected chi connectivity index (χ0v) is 16.0. The third kappa shape index (κ3) is 3.88. The Bertz CT molecular complexity index is 995. The second-order valence-corrected chi connectivity index (χ2v) is 7.20. The first kappa shape index (κ1) is 17.7. The van der Waals surface area contributed by atoms with Crippen molar-refractivity contribution in [3.05, 3.63) is 46.4 Å². The van der Waals surface area contributed by atoms with Gasteiger partial charge in [0, 0.05) is 37.2 Å². The molecule has 1 aliphatic rings. The fourth-order valence-electron chi connectivity index (χ4n) is 3.05. The summed E-state index contributed by atoms with van der Waals surface area (Å²) in [5.74, 6) is 0.746. The van der Waals surface area contributed by atoms with Crippen molar-refractivity contribution in [3.8, 4) is 5.88 Å². The molecule has 1 N–H and O–H groups in total. The van der Waals surface area contributed by atoms with Gasteiger partial charge in [-0.2, -0.15) is 10.1 Å². The highest BCUT2D eigenvalue weighted by Crippen LogP contribution is 2.43. The maximum absolute atomic E-state index is 12.0. The standard InChI is InChI=1S/C19H20ClN5O2/c1-11-7-16(23-19-17(11)18(13-4-5-13)24-25(19)2)27-10-15(26)22-9-12-3-6-14(20)21-8-12/h3,6-8,13H,4-5,9-10H2,1-2H3,(H,22,26). The molecule has 1 amide bonds. The van der Waals surface area contributed by atoms with E-state index in [4.69, 9.17) is 16.3 Å². The Balaban J connectivity index is 1.40. The highest BCUT2D eigenvalue weighted by molar-refractivity contribution is 6.29. The van der Waals surface area contributed by atoms with Gasteiger partial charge in [-0.15, -0.1) is 0 Å². The third-order valence-electron chi connectivity index (χ3n) is 4.59. The van der Waals surface area contributed by atoms with Crippen LogP contribution in [0.15, 0.2) is 24.4 Å². The quantitative estimate of drug-likeness (QED) is 0.660. The number of nitrogens with zero attached hydrogens (tertiary/aromatic N) is 4. The van der Waals surface area contributed by atoms with Gasteiger partial charge in [0.25, 0.3) is 5.91 Å². The SMILES string of the molecule is Cc1cc(OCC(=O)NCc2ccc(Cl)nc2)nc2c1c(C1CC1)nn2C. The van der Waals surface area contributed by atoms with Crippen LogP contribution in [0.2, 0.25) is 5.15 Å². The number of hydrogen-bond donors (Lipinski definition) is 1. The van der Waals surface area contributed by atoms with Crippen molar-refractivity contribution in [3.63, 3.8) is 0 Å². The summed E-state index contributed by atoms with van der Waals surface area (Å²) in [7, 11) is 1.89. The number of amides is 1. The normalized spacial score (nSPS) is 13.7. The Labute approximate surface area is 161 Å². The van der Waals surface area contributed by atoms with E-state index in [0.717, 1.165) is 27.9 Å². The number of carbonyl (C=O) groups is 1. The zero-order valence-electron chi connectivity index (χ0n) is 15.2. The smallest absolute Gasteiger partial charge is 0.258 e. The molecule has 4 rings (SSSR count). The van der Waals surface area contributed by atoms with E-state index in [1.54, 1.807) is 16.9 Å². The molecule has 0 radical (unpaired) electrons. The first-order chi connectivity index (χ1) is 13.0. The van der Waals surface area contributed by atoms with Crippen LogP contribution in [-0.4, -0.2) is 32.3 Å². The molecule has 0 unspecified atom stereocenters. The molecule has 0 aromatic carbocycles. The monoisotopic (exact) mass is 385 g/mol. The Morgan fingerprint density at radius 2 is 2.22 bits per heavy atom. The van der Waals surface area contributed by atoms with Crippen LogP contribution in [0.1, 0.15) is 35.6 Å². The van der Waals surface area contributed by atoms with Gasteiger partial charge in [-0.1, -0.05) is 17.7 Å². The summed E-state index contributed by atoms with van der Waals surface area (Å²) in [5, 5.41) is 8.93. The van der Waals surface area contributed by atoms with Crippen molar-refractivity contribution in [2.45, 2.75) is 32.2 Å². The van der Waals surface area contributed by atoms with Crippen LogP contribution >= 0.6 is 11.6 Å². The van der Waals surface area contributed by atoms with Crippen molar-refractivity contribution >= 4 is 28.5 Å². The molecule has 140 valence electrons. The maximum atomic E-state index is 12.0. The third-order valence-corrected chi connectivity index (χ3v) is 4.81. The van der Waals surface area contributed by atoms with Crippen molar-refractivity contribution in [1.29, 1.82) is 0 Å². The lowest BCUT2D eigenvalue weighted by molar-refractivity contribution is -0.123. The molecule has 0 aliphatic heterocycles.